The summed E-state index contributed by atoms with van der Waals surface area (Å²) in [5.74, 6) is -0.0813. The van der Waals surface area contributed by atoms with Crippen LogP contribution in [-0.4, -0.2) is 17.3 Å². The number of hydrogen-bond acceptors (Lipinski definition) is 2. The molecule has 0 aliphatic carbocycles. The quantitative estimate of drug-likeness (QED) is 0.827. The molecule has 1 unspecified atom stereocenters. The van der Waals surface area contributed by atoms with Gasteiger partial charge in [0.05, 0.1) is 11.8 Å². The van der Waals surface area contributed by atoms with Crippen molar-refractivity contribution >= 4 is 21.8 Å². The van der Waals surface area contributed by atoms with Gasteiger partial charge >= 0.3 is 0 Å². The fourth-order valence-electron chi connectivity index (χ4n) is 0.937. The molecule has 0 aliphatic rings. The van der Waals surface area contributed by atoms with Crippen molar-refractivity contribution in [2.24, 2.45) is 0 Å². The van der Waals surface area contributed by atoms with E-state index >= 15 is 0 Å². The fourth-order valence-corrected chi connectivity index (χ4v) is 1.62. The van der Waals surface area contributed by atoms with Gasteiger partial charge in [-0.2, -0.15) is 0 Å². The zero-order valence-electron chi connectivity index (χ0n) is 7.42. The molecule has 1 amide bonds. The van der Waals surface area contributed by atoms with E-state index in [2.05, 4.69) is 21.2 Å². The molecule has 72 valence electrons. The van der Waals surface area contributed by atoms with Crippen LogP contribution in [0.4, 0.5) is 0 Å². The van der Waals surface area contributed by atoms with Crippen LogP contribution in [0.15, 0.2) is 23.0 Å². The first-order chi connectivity index (χ1) is 6.24. The van der Waals surface area contributed by atoms with Gasteiger partial charge in [-0.05, 0) is 19.4 Å². The molecule has 1 rings (SSSR count). The van der Waals surface area contributed by atoms with Crippen LogP contribution < -0.4 is 5.32 Å². The number of carbonyl (C=O) groups is 1. The number of alkyl halides is 1. The maximum Gasteiger partial charge on any atom is 0.254 e. The molecular weight excluding hydrogens is 234 g/mol. The van der Waals surface area contributed by atoms with Gasteiger partial charge in [-0.25, -0.2) is 0 Å². The van der Waals surface area contributed by atoms with Crippen LogP contribution >= 0.6 is 15.9 Å². The molecule has 4 heteroatoms. The number of nitrogens with one attached hydrogen (secondary N) is 1. The van der Waals surface area contributed by atoms with E-state index in [0.29, 0.717) is 5.56 Å². The molecule has 0 radical (unpaired) electrons. The summed E-state index contributed by atoms with van der Waals surface area (Å²) in [6, 6.07) is 1.83. The van der Waals surface area contributed by atoms with Gasteiger partial charge in [0.25, 0.3) is 5.91 Å². The van der Waals surface area contributed by atoms with E-state index in [-0.39, 0.29) is 11.9 Å². The Bertz CT molecular complexity index is 259. The molecule has 1 heterocycles. The Morgan fingerprint density at radius 1 is 1.77 bits per heavy atom. The number of hydrogen-bond donors (Lipinski definition) is 1. The third-order valence-corrected chi connectivity index (χ3v) is 2.16. The Balaban J connectivity index is 2.42. The summed E-state index contributed by atoms with van der Waals surface area (Å²) >= 11 is 3.32. The van der Waals surface area contributed by atoms with E-state index in [0.717, 1.165) is 11.8 Å². The van der Waals surface area contributed by atoms with Crippen LogP contribution in [0.5, 0.6) is 0 Å². The molecular formula is C9H12BrNO2. The van der Waals surface area contributed by atoms with Crippen molar-refractivity contribution < 1.29 is 9.21 Å². The lowest BCUT2D eigenvalue weighted by Crippen LogP contribution is -2.32. The average Bonchev–Trinajstić information content (AvgIpc) is 2.55. The van der Waals surface area contributed by atoms with Gasteiger partial charge in [-0.3, -0.25) is 4.79 Å². The monoisotopic (exact) mass is 245 g/mol. The normalized spacial score (nSPS) is 12.5. The number of rotatable bonds is 4. The Morgan fingerprint density at radius 2 is 2.54 bits per heavy atom. The number of furan rings is 1. The highest BCUT2D eigenvalue weighted by Gasteiger charge is 2.09. The van der Waals surface area contributed by atoms with Gasteiger partial charge in [0.15, 0.2) is 0 Å². The maximum absolute atomic E-state index is 11.4. The van der Waals surface area contributed by atoms with Gasteiger partial charge in [0.2, 0.25) is 0 Å². The second-order valence-corrected chi connectivity index (χ2v) is 3.66. The number of carbonyl (C=O) groups excluding carboxylic acids is 1. The van der Waals surface area contributed by atoms with E-state index < -0.39 is 0 Å². The Hall–Kier alpha value is -0.770. The van der Waals surface area contributed by atoms with Crippen LogP contribution in [0.2, 0.25) is 0 Å². The first kappa shape index (κ1) is 10.3. The molecule has 0 saturated heterocycles. The van der Waals surface area contributed by atoms with E-state index in [9.17, 15) is 4.79 Å². The second-order valence-electron chi connectivity index (χ2n) is 2.86. The van der Waals surface area contributed by atoms with Gasteiger partial charge < -0.3 is 9.73 Å². The van der Waals surface area contributed by atoms with Crippen molar-refractivity contribution in [3.05, 3.63) is 24.2 Å². The van der Waals surface area contributed by atoms with Gasteiger partial charge in [-0.15, -0.1) is 0 Å². The molecule has 0 bridgehead atoms. The molecule has 0 spiro atoms. The fraction of sp³-hybridized carbons (Fsp3) is 0.444. The van der Waals surface area contributed by atoms with Gasteiger partial charge in [-0.1, -0.05) is 15.9 Å². The minimum absolute atomic E-state index is 0.0813. The zero-order chi connectivity index (χ0) is 9.68. The van der Waals surface area contributed by atoms with Crippen LogP contribution in [0.25, 0.3) is 0 Å². The van der Waals surface area contributed by atoms with Crippen molar-refractivity contribution in [3.63, 3.8) is 0 Å². The van der Waals surface area contributed by atoms with Crippen LogP contribution in [0.3, 0.4) is 0 Å². The molecule has 0 aromatic carbocycles. The van der Waals surface area contributed by atoms with E-state index in [1.165, 1.54) is 12.5 Å². The van der Waals surface area contributed by atoms with Crippen molar-refractivity contribution in [1.82, 2.24) is 5.32 Å². The molecule has 1 N–H and O–H groups in total. The molecule has 0 fully saturated rings. The molecule has 1 aromatic heterocycles. The van der Waals surface area contributed by atoms with E-state index in [1.807, 2.05) is 6.92 Å². The van der Waals surface area contributed by atoms with Crippen LogP contribution in [0.1, 0.15) is 23.7 Å². The summed E-state index contributed by atoms with van der Waals surface area (Å²) in [4.78, 5) is 11.4. The molecule has 3 nitrogen and oxygen atoms in total. The lowest BCUT2D eigenvalue weighted by atomic mass is 10.2. The minimum atomic E-state index is -0.0813. The highest BCUT2D eigenvalue weighted by molar-refractivity contribution is 9.09. The predicted molar refractivity (Wildman–Crippen MR) is 54.0 cm³/mol. The second kappa shape index (κ2) is 5.07. The molecule has 1 aromatic rings. The third-order valence-electron chi connectivity index (χ3n) is 1.70. The first-order valence-corrected chi connectivity index (χ1v) is 5.25. The van der Waals surface area contributed by atoms with E-state index in [4.69, 9.17) is 4.42 Å². The third kappa shape index (κ3) is 3.22. The maximum atomic E-state index is 11.4. The molecule has 0 aliphatic heterocycles. The van der Waals surface area contributed by atoms with Gasteiger partial charge in [0, 0.05) is 11.4 Å². The summed E-state index contributed by atoms with van der Waals surface area (Å²) in [6.07, 6.45) is 3.85. The molecule has 1 atom stereocenters. The Morgan fingerprint density at radius 3 is 3.08 bits per heavy atom. The topological polar surface area (TPSA) is 42.2 Å². The molecule has 0 saturated carbocycles. The largest absolute Gasteiger partial charge is 0.472 e. The highest BCUT2D eigenvalue weighted by atomic mass is 79.9. The van der Waals surface area contributed by atoms with Crippen molar-refractivity contribution in [2.75, 3.05) is 5.33 Å². The SMILES string of the molecule is CC(CCBr)NC(=O)c1ccoc1. The predicted octanol–water partition coefficient (Wildman–Crippen LogP) is 2.18. The summed E-state index contributed by atoms with van der Waals surface area (Å²) in [5.41, 5.74) is 0.571. The summed E-state index contributed by atoms with van der Waals surface area (Å²) < 4.78 is 4.81. The Labute approximate surface area is 85.6 Å². The van der Waals surface area contributed by atoms with Crippen LogP contribution in [-0.2, 0) is 0 Å². The van der Waals surface area contributed by atoms with Crippen molar-refractivity contribution in [1.29, 1.82) is 0 Å². The highest BCUT2D eigenvalue weighted by Crippen LogP contribution is 2.01. The smallest absolute Gasteiger partial charge is 0.254 e. The minimum Gasteiger partial charge on any atom is -0.472 e. The standard InChI is InChI=1S/C9H12BrNO2/c1-7(2-4-10)11-9(12)8-3-5-13-6-8/h3,5-7H,2,4H2,1H3,(H,11,12). The molecule has 13 heavy (non-hydrogen) atoms. The lowest BCUT2D eigenvalue weighted by Gasteiger charge is -2.10. The first-order valence-electron chi connectivity index (χ1n) is 4.13. The summed E-state index contributed by atoms with van der Waals surface area (Å²) in [6.45, 7) is 1.97. The average molecular weight is 246 g/mol. The number of amides is 1. The summed E-state index contributed by atoms with van der Waals surface area (Å²) in [7, 11) is 0. The van der Waals surface area contributed by atoms with Crippen LogP contribution in [0, 0.1) is 0 Å². The zero-order valence-corrected chi connectivity index (χ0v) is 9.00. The summed E-state index contributed by atoms with van der Waals surface area (Å²) in [5, 5.41) is 3.74. The lowest BCUT2D eigenvalue weighted by molar-refractivity contribution is 0.0939. The van der Waals surface area contributed by atoms with Crippen molar-refractivity contribution in [3.8, 4) is 0 Å². The van der Waals surface area contributed by atoms with E-state index in [1.54, 1.807) is 6.07 Å². The van der Waals surface area contributed by atoms with Gasteiger partial charge in [0.1, 0.15) is 6.26 Å². The van der Waals surface area contributed by atoms with Crippen molar-refractivity contribution in [2.45, 2.75) is 19.4 Å². The Kier molecular flexibility index (Phi) is 4.02. The number of halogens is 1.